The van der Waals surface area contributed by atoms with E-state index in [1.54, 1.807) is 4.57 Å². The Hall–Kier alpha value is -2.10. The van der Waals surface area contributed by atoms with Crippen molar-refractivity contribution in [2.75, 3.05) is 0 Å². The lowest BCUT2D eigenvalue weighted by Crippen LogP contribution is -1.98. The fourth-order valence-corrected chi connectivity index (χ4v) is 2.02. The van der Waals surface area contributed by atoms with Gasteiger partial charge in [-0.15, -0.1) is 0 Å². The van der Waals surface area contributed by atoms with Gasteiger partial charge in [0.1, 0.15) is 5.82 Å². The summed E-state index contributed by atoms with van der Waals surface area (Å²) in [6.07, 6.45) is 1.54. The van der Waals surface area contributed by atoms with E-state index in [1.165, 1.54) is 11.8 Å². The number of benzene rings is 1. The van der Waals surface area contributed by atoms with Crippen LogP contribution >= 0.6 is 0 Å². The lowest BCUT2D eigenvalue weighted by molar-refractivity contribution is 0.0691. The van der Waals surface area contributed by atoms with Crippen LogP contribution in [0, 0.1) is 0 Å². The van der Waals surface area contributed by atoms with Crippen molar-refractivity contribution in [1.82, 2.24) is 9.55 Å². The Morgan fingerprint density at radius 1 is 1.33 bits per heavy atom. The van der Waals surface area contributed by atoms with Crippen LogP contribution in [0.2, 0.25) is 0 Å². The van der Waals surface area contributed by atoms with Gasteiger partial charge in [-0.1, -0.05) is 38.1 Å². The number of imidazole rings is 1. The fraction of sp³-hybridized carbons (Fsp3) is 0.286. The molecule has 0 radical (unpaired) electrons. The molecule has 0 aliphatic rings. The van der Waals surface area contributed by atoms with Crippen LogP contribution in [-0.2, 0) is 7.05 Å². The minimum atomic E-state index is -1.00. The van der Waals surface area contributed by atoms with Crippen LogP contribution in [0.4, 0.5) is 0 Å². The molecule has 2 rings (SSSR count). The van der Waals surface area contributed by atoms with Crippen LogP contribution in [0.5, 0.6) is 0 Å². The first-order valence-corrected chi connectivity index (χ1v) is 5.86. The van der Waals surface area contributed by atoms with E-state index in [9.17, 15) is 4.79 Å². The smallest absolute Gasteiger partial charge is 0.356 e. The Bertz CT molecular complexity index is 585. The molecule has 4 heteroatoms. The van der Waals surface area contributed by atoms with Crippen LogP contribution in [0.15, 0.2) is 30.5 Å². The maximum absolute atomic E-state index is 10.9. The van der Waals surface area contributed by atoms with Gasteiger partial charge in [-0.05, 0) is 11.5 Å². The van der Waals surface area contributed by atoms with E-state index < -0.39 is 5.97 Å². The zero-order chi connectivity index (χ0) is 13.3. The monoisotopic (exact) mass is 244 g/mol. The lowest BCUT2D eigenvalue weighted by Gasteiger charge is -2.11. The minimum Gasteiger partial charge on any atom is -0.476 e. The quantitative estimate of drug-likeness (QED) is 0.903. The van der Waals surface area contributed by atoms with E-state index in [-0.39, 0.29) is 5.69 Å². The topological polar surface area (TPSA) is 55.1 Å². The zero-order valence-electron chi connectivity index (χ0n) is 10.7. The summed E-state index contributed by atoms with van der Waals surface area (Å²) in [6, 6.07) is 7.95. The Labute approximate surface area is 106 Å². The summed E-state index contributed by atoms with van der Waals surface area (Å²) in [6.45, 7) is 4.22. The van der Waals surface area contributed by atoms with Crippen molar-refractivity contribution in [2.45, 2.75) is 19.8 Å². The third kappa shape index (κ3) is 2.14. The molecule has 1 aromatic carbocycles. The molecule has 0 unspecified atom stereocenters. The number of carboxylic acids is 1. The van der Waals surface area contributed by atoms with Gasteiger partial charge in [0, 0.05) is 18.8 Å². The lowest BCUT2D eigenvalue weighted by atomic mass is 9.97. The van der Waals surface area contributed by atoms with Crippen LogP contribution in [0.1, 0.15) is 35.8 Å². The van der Waals surface area contributed by atoms with E-state index in [0.29, 0.717) is 11.7 Å². The Balaban J connectivity index is 2.58. The first kappa shape index (κ1) is 12.4. The van der Waals surface area contributed by atoms with Gasteiger partial charge in [0.2, 0.25) is 0 Å². The fourth-order valence-electron chi connectivity index (χ4n) is 2.02. The van der Waals surface area contributed by atoms with Gasteiger partial charge >= 0.3 is 5.97 Å². The average molecular weight is 244 g/mol. The Morgan fingerprint density at radius 3 is 2.56 bits per heavy atom. The summed E-state index contributed by atoms with van der Waals surface area (Å²) < 4.78 is 1.75. The molecule has 0 fully saturated rings. The van der Waals surface area contributed by atoms with Crippen molar-refractivity contribution in [2.24, 2.45) is 7.05 Å². The molecule has 0 aliphatic carbocycles. The van der Waals surface area contributed by atoms with Crippen molar-refractivity contribution >= 4 is 5.97 Å². The van der Waals surface area contributed by atoms with Gasteiger partial charge < -0.3 is 9.67 Å². The third-order valence-corrected chi connectivity index (χ3v) is 2.92. The summed E-state index contributed by atoms with van der Waals surface area (Å²) >= 11 is 0. The molecule has 0 spiro atoms. The van der Waals surface area contributed by atoms with E-state index in [0.717, 1.165) is 5.56 Å². The Morgan fingerprint density at radius 2 is 2.00 bits per heavy atom. The summed E-state index contributed by atoms with van der Waals surface area (Å²) in [5.74, 6) is 0.0572. The number of hydrogen-bond acceptors (Lipinski definition) is 2. The molecule has 0 aliphatic heterocycles. The number of carboxylic acid groups (broad SMARTS) is 1. The predicted molar refractivity (Wildman–Crippen MR) is 69.7 cm³/mol. The molecule has 2 aromatic rings. The second kappa shape index (κ2) is 4.64. The molecule has 0 saturated carbocycles. The summed E-state index contributed by atoms with van der Waals surface area (Å²) in [5.41, 5.74) is 2.23. The highest BCUT2D eigenvalue weighted by molar-refractivity contribution is 5.86. The first-order chi connectivity index (χ1) is 8.50. The maximum atomic E-state index is 10.9. The largest absolute Gasteiger partial charge is 0.476 e. The van der Waals surface area contributed by atoms with Gasteiger partial charge in [-0.25, -0.2) is 9.78 Å². The van der Waals surface area contributed by atoms with E-state index in [1.807, 2.05) is 25.2 Å². The second-order valence-electron chi connectivity index (χ2n) is 4.61. The first-order valence-electron chi connectivity index (χ1n) is 5.86. The third-order valence-electron chi connectivity index (χ3n) is 2.92. The van der Waals surface area contributed by atoms with Crippen LogP contribution in [0.25, 0.3) is 11.4 Å². The Kier molecular flexibility index (Phi) is 3.19. The summed E-state index contributed by atoms with van der Waals surface area (Å²) in [4.78, 5) is 15.1. The van der Waals surface area contributed by atoms with Gasteiger partial charge in [-0.2, -0.15) is 0 Å². The zero-order valence-corrected chi connectivity index (χ0v) is 10.7. The van der Waals surface area contributed by atoms with Crippen LogP contribution < -0.4 is 0 Å². The number of rotatable bonds is 3. The van der Waals surface area contributed by atoms with Gasteiger partial charge in [0.25, 0.3) is 0 Å². The van der Waals surface area contributed by atoms with E-state index in [2.05, 4.69) is 24.9 Å². The molecule has 4 nitrogen and oxygen atoms in total. The van der Waals surface area contributed by atoms with Crippen molar-refractivity contribution in [3.63, 3.8) is 0 Å². The highest BCUT2D eigenvalue weighted by Gasteiger charge is 2.16. The molecule has 0 bridgehead atoms. The molecular weight excluding hydrogens is 228 g/mol. The molecule has 1 aromatic heterocycles. The van der Waals surface area contributed by atoms with Crippen molar-refractivity contribution in [1.29, 1.82) is 0 Å². The summed E-state index contributed by atoms with van der Waals surface area (Å²) in [7, 11) is 1.81. The standard InChI is InChI=1S/C14H16N2O2/c1-9(2)10-6-4-5-7-11(10)13-15-12(14(17)18)8-16(13)3/h4-9H,1-3H3,(H,17,18). The minimum absolute atomic E-state index is 0.0751. The predicted octanol–water partition coefficient (Wildman–Crippen LogP) is 2.91. The number of carbonyl (C=O) groups is 1. The number of aromatic carboxylic acids is 1. The second-order valence-corrected chi connectivity index (χ2v) is 4.61. The molecule has 1 N–H and O–H groups in total. The number of aromatic nitrogens is 2. The molecular formula is C14H16N2O2. The highest BCUT2D eigenvalue weighted by Crippen LogP contribution is 2.28. The normalized spacial score (nSPS) is 10.9. The molecule has 1 heterocycles. The van der Waals surface area contributed by atoms with Crippen molar-refractivity contribution in [3.05, 3.63) is 41.7 Å². The maximum Gasteiger partial charge on any atom is 0.356 e. The molecule has 94 valence electrons. The average Bonchev–Trinajstić information content (AvgIpc) is 2.71. The van der Waals surface area contributed by atoms with Crippen molar-refractivity contribution in [3.8, 4) is 11.4 Å². The highest BCUT2D eigenvalue weighted by atomic mass is 16.4. The van der Waals surface area contributed by atoms with Crippen LogP contribution in [-0.4, -0.2) is 20.6 Å². The number of hydrogen-bond donors (Lipinski definition) is 1. The SMILES string of the molecule is CC(C)c1ccccc1-c1nc(C(=O)O)cn1C. The van der Waals surface area contributed by atoms with E-state index >= 15 is 0 Å². The van der Waals surface area contributed by atoms with Gasteiger partial charge in [0.05, 0.1) is 0 Å². The van der Waals surface area contributed by atoms with Crippen molar-refractivity contribution < 1.29 is 9.90 Å². The molecule has 0 saturated heterocycles. The van der Waals surface area contributed by atoms with E-state index in [4.69, 9.17) is 5.11 Å². The molecule has 18 heavy (non-hydrogen) atoms. The van der Waals surface area contributed by atoms with Crippen LogP contribution in [0.3, 0.4) is 0 Å². The number of aryl methyl sites for hydroxylation is 1. The summed E-state index contributed by atoms with van der Waals surface area (Å²) in [5, 5.41) is 8.97. The van der Waals surface area contributed by atoms with Gasteiger partial charge in [0.15, 0.2) is 5.69 Å². The van der Waals surface area contributed by atoms with Gasteiger partial charge in [-0.3, -0.25) is 0 Å². The number of nitrogens with zero attached hydrogens (tertiary/aromatic N) is 2. The molecule has 0 amide bonds. The molecule has 0 atom stereocenters.